The van der Waals surface area contributed by atoms with Crippen LogP contribution in [-0.2, 0) is 31.1 Å². The number of pyridine rings is 1. The van der Waals surface area contributed by atoms with Gasteiger partial charge < -0.3 is 10.1 Å². The Labute approximate surface area is 281 Å². The summed E-state index contributed by atoms with van der Waals surface area (Å²) in [5, 5.41) is 11.9. The molecule has 7 heteroatoms. The zero-order chi connectivity index (χ0) is 37.5. The Hall–Kier alpha value is -3.02. The molecule has 0 amide bonds. The second kappa shape index (κ2) is 14.0. The van der Waals surface area contributed by atoms with Crippen molar-refractivity contribution in [2.24, 2.45) is 10.8 Å². The van der Waals surface area contributed by atoms with Gasteiger partial charge in [-0.05, 0) is 77.2 Å². The van der Waals surface area contributed by atoms with E-state index in [1.807, 2.05) is 41.5 Å². The summed E-state index contributed by atoms with van der Waals surface area (Å²) in [5.41, 5.74) is -0.430. The fourth-order valence-corrected chi connectivity index (χ4v) is 4.49. The van der Waals surface area contributed by atoms with E-state index in [4.69, 9.17) is 8.22 Å². The summed E-state index contributed by atoms with van der Waals surface area (Å²) >= 11 is 0. The van der Waals surface area contributed by atoms with Crippen molar-refractivity contribution in [3.8, 4) is 11.3 Å². The van der Waals surface area contributed by atoms with E-state index in [1.54, 1.807) is 26.0 Å². The number of aliphatic hydroxyl groups excluding tert-OH is 1. The molecule has 0 atom stereocenters. The van der Waals surface area contributed by atoms with Crippen LogP contribution in [0.3, 0.4) is 0 Å². The van der Waals surface area contributed by atoms with Crippen LogP contribution in [0.15, 0.2) is 54.4 Å². The third-order valence-electron chi connectivity index (χ3n) is 8.23. The fourth-order valence-electron chi connectivity index (χ4n) is 4.49. The Morgan fingerprint density at radius 1 is 0.932 bits per heavy atom. The van der Waals surface area contributed by atoms with Crippen LogP contribution in [0.2, 0.25) is 0 Å². The number of carbonyl (C=O) groups is 1. The van der Waals surface area contributed by atoms with Gasteiger partial charge in [-0.25, -0.2) is 0 Å². The number of ketones is 1. The first-order valence-corrected chi connectivity index (χ1v) is 14.2. The standard InChI is InChI=1S/C24H19F3N.C13H24O2.Ir/c1-13-7-14(2)9-17(8-13)23-20-6-5-19-15(3)10-18(24(25,26)27)11-21(19)22(20)16(4)12-28-23;1-7-12(3,4)10(14)9-11(15)13(5,6)8-2;/h5-8,10-12H,1-4H3;9,14H,7-8H2,1-6H3;/q-1;;/b;10-9-;/i1D3,2D3;;. The van der Waals surface area contributed by atoms with Gasteiger partial charge in [0.1, 0.15) is 5.76 Å². The van der Waals surface area contributed by atoms with Crippen molar-refractivity contribution < 1.29 is 51.4 Å². The van der Waals surface area contributed by atoms with Crippen LogP contribution in [0.25, 0.3) is 32.8 Å². The second-order valence-corrected chi connectivity index (χ2v) is 12.2. The first-order valence-electron chi connectivity index (χ1n) is 17.2. The van der Waals surface area contributed by atoms with E-state index in [0.717, 1.165) is 31.0 Å². The van der Waals surface area contributed by atoms with Crippen LogP contribution in [0.1, 0.15) is 90.4 Å². The van der Waals surface area contributed by atoms with Gasteiger partial charge in [0.15, 0.2) is 5.78 Å². The van der Waals surface area contributed by atoms with Crippen LogP contribution in [-0.4, -0.2) is 15.9 Å². The Morgan fingerprint density at radius 2 is 1.57 bits per heavy atom. The van der Waals surface area contributed by atoms with Crippen molar-refractivity contribution in [3.63, 3.8) is 0 Å². The Balaban J connectivity index is 0.000000461. The molecule has 0 aliphatic heterocycles. The Kier molecular flexibility index (Phi) is 9.02. The van der Waals surface area contributed by atoms with Crippen LogP contribution in [0, 0.1) is 44.4 Å². The number of allylic oxidation sites excluding steroid dienone is 2. The molecule has 0 bridgehead atoms. The number of aliphatic hydroxyl groups is 1. The van der Waals surface area contributed by atoms with E-state index in [2.05, 4.69) is 11.1 Å². The predicted octanol–water partition coefficient (Wildman–Crippen LogP) is 11.0. The molecule has 44 heavy (non-hydrogen) atoms. The molecule has 4 aromatic rings. The van der Waals surface area contributed by atoms with Gasteiger partial charge >= 0.3 is 6.18 Å². The summed E-state index contributed by atoms with van der Waals surface area (Å²) in [6, 6.07) is 10.7. The maximum absolute atomic E-state index is 13.5. The number of rotatable bonds is 6. The maximum Gasteiger partial charge on any atom is 0.416 e. The molecule has 0 aliphatic carbocycles. The van der Waals surface area contributed by atoms with E-state index in [9.17, 15) is 23.1 Å². The van der Waals surface area contributed by atoms with Crippen molar-refractivity contribution in [3.05, 3.63) is 88.3 Å². The van der Waals surface area contributed by atoms with Gasteiger partial charge in [-0.2, -0.15) is 13.2 Å². The van der Waals surface area contributed by atoms with Gasteiger partial charge in [0, 0.05) is 51.4 Å². The number of aromatic nitrogens is 1. The number of nitrogens with zero attached hydrogens (tertiary/aromatic N) is 1. The first kappa shape index (κ1) is 28.5. The normalized spacial score (nSPS) is 15.1. The minimum Gasteiger partial charge on any atom is -0.512 e. The topological polar surface area (TPSA) is 50.2 Å². The van der Waals surface area contributed by atoms with Crippen molar-refractivity contribution in [1.29, 1.82) is 0 Å². The number of fused-ring (bicyclic) bond motifs is 3. The molecular formula is C37H43F3IrNO2-. The maximum atomic E-state index is 13.5. The molecule has 3 aromatic carbocycles. The van der Waals surface area contributed by atoms with Crippen molar-refractivity contribution in [2.75, 3.05) is 0 Å². The SMILES string of the molecule is CCC(C)(C)C(=O)/C=C(\O)C(C)(C)CC.[2H]C([2H])([2H])c1[c-]c(-c2ncc(C)c3c2ccc2c(C)cc(C(F)(F)F)cc23)cc(C([2H])([2H])[2H])c1.[Ir]. The molecule has 0 fully saturated rings. The number of alkyl halides is 3. The quantitative estimate of drug-likeness (QED) is 0.0916. The number of aryl methyl sites for hydroxylation is 4. The van der Waals surface area contributed by atoms with E-state index >= 15 is 0 Å². The van der Waals surface area contributed by atoms with Crippen molar-refractivity contribution in [1.82, 2.24) is 4.98 Å². The molecule has 3 nitrogen and oxygen atoms in total. The first-order chi connectivity index (χ1) is 22.2. The molecule has 0 saturated carbocycles. The van der Waals surface area contributed by atoms with Gasteiger partial charge in [-0.1, -0.05) is 67.4 Å². The molecule has 0 aliphatic rings. The minimum atomic E-state index is -4.53. The zero-order valence-electron chi connectivity index (χ0n) is 32.3. The van der Waals surface area contributed by atoms with Crippen molar-refractivity contribution in [2.45, 2.75) is 88.1 Å². The molecule has 1 aromatic heterocycles. The number of carbonyl (C=O) groups excluding carboxylic acids is 1. The second-order valence-electron chi connectivity index (χ2n) is 12.2. The van der Waals surface area contributed by atoms with Gasteiger partial charge in [0.05, 0.1) is 5.56 Å². The Bertz CT molecular complexity index is 1880. The molecule has 1 heterocycles. The largest absolute Gasteiger partial charge is 0.512 e. The van der Waals surface area contributed by atoms with Crippen LogP contribution in [0.5, 0.6) is 0 Å². The van der Waals surface area contributed by atoms with E-state index < -0.39 is 25.4 Å². The smallest absolute Gasteiger partial charge is 0.416 e. The van der Waals surface area contributed by atoms with Crippen LogP contribution < -0.4 is 0 Å². The third-order valence-corrected chi connectivity index (χ3v) is 8.23. The predicted molar refractivity (Wildman–Crippen MR) is 171 cm³/mol. The van der Waals surface area contributed by atoms with Crippen molar-refractivity contribution >= 4 is 27.3 Å². The molecule has 0 saturated heterocycles. The van der Waals surface area contributed by atoms with Gasteiger partial charge in [0.2, 0.25) is 0 Å². The van der Waals surface area contributed by atoms with Gasteiger partial charge in [-0.15, -0.1) is 34.9 Å². The number of hydrogen-bond acceptors (Lipinski definition) is 3. The number of hydrogen-bond donors (Lipinski definition) is 1. The minimum absolute atomic E-state index is 0. The molecule has 0 spiro atoms. The van der Waals surface area contributed by atoms with Gasteiger partial charge in [0.25, 0.3) is 0 Å². The average Bonchev–Trinajstić information content (AvgIpc) is 2.99. The third kappa shape index (κ3) is 8.17. The summed E-state index contributed by atoms with van der Waals surface area (Å²) in [7, 11) is 0. The number of benzene rings is 3. The molecule has 1 radical (unpaired) electrons. The summed E-state index contributed by atoms with van der Waals surface area (Å²) < 4.78 is 87.1. The summed E-state index contributed by atoms with van der Waals surface area (Å²) in [5.74, 6) is 0.195. The van der Waals surface area contributed by atoms with Crippen LogP contribution in [0.4, 0.5) is 13.2 Å². The summed E-state index contributed by atoms with van der Waals surface area (Å²) in [4.78, 5) is 16.2. The summed E-state index contributed by atoms with van der Waals surface area (Å²) in [6.07, 6.45) is -0.0524. The molecule has 0 unspecified atom stereocenters. The summed E-state index contributed by atoms with van der Waals surface area (Å²) in [6.45, 7) is 9.80. The molecule has 4 rings (SSSR count). The molecule has 1 N–H and O–H groups in total. The van der Waals surface area contributed by atoms with E-state index in [1.165, 1.54) is 18.3 Å². The number of halogens is 3. The molecule has 239 valence electrons. The monoisotopic (exact) mass is 789 g/mol. The average molecular weight is 789 g/mol. The van der Waals surface area contributed by atoms with Gasteiger partial charge in [-0.3, -0.25) is 4.79 Å². The van der Waals surface area contributed by atoms with Crippen LogP contribution >= 0.6 is 0 Å². The molecular weight excluding hydrogens is 740 g/mol. The Morgan fingerprint density at radius 3 is 2.14 bits per heavy atom. The fraction of sp³-hybridized carbons (Fsp3) is 0.405. The van der Waals surface area contributed by atoms with E-state index in [-0.39, 0.29) is 64.9 Å². The van der Waals surface area contributed by atoms with E-state index in [0.29, 0.717) is 32.7 Å². The zero-order valence-corrected chi connectivity index (χ0v) is 28.7.